The van der Waals surface area contributed by atoms with Crippen molar-refractivity contribution in [3.63, 3.8) is 0 Å². The molecule has 0 heterocycles. The summed E-state index contributed by atoms with van der Waals surface area (Å²) in [5, 5.41) is 11.3. The number of benzene rings is 1. The summed E-state index contributed by atoms with van der Waals surface area (Å²) in [5.74, 6) is -0.147. The number of nitrogens with one attached hydrogen (secondary N) is 4. The molecule has 1 aromatic rings. The molecule has 1 saturated carbocycles. The molecule has 0 spiro atoms. The zero-order valence-corrected chi connectivity index (χ0v) is 11.5. The molecular weight excluding hydrogens is 256 g/mol. The lowest BCUT2D eigenvalue weighted by molar-refractivity contribution is 0.0954. The van der Waals surface area contributed by atoms with Crippen LogP contribution in [0.25, 0.3) is 0 Å². The molecule has 0 bridgehead atoms. The first-order chi connectivity index (χ1) is 9.69. The second-order valence-electron chi connectivity index (χ2n) is 4.81. The molecule has 2 rings (SSSR count). The van der Waals surface area contributed by atoms with Crippen molar-refractivity contribution < 1.29 is 9.59 Å². The smallest absolute Gasteiger partial charge is 0.319 e. The molecule has 1 fully saturated rings. The molecule has 20 heavy (non-hydrogen) atoms. The largest absolute Gasteiger partial charge is 0.351 e. The second-order valence-corrected chi connectivity index (χ2v) is 4.81. The zero-order chi connectivity index (χ0) is 14.4. The van der Waals surface area contributed by atoms with Gasteiger partial charge in [-0.3, -0.25) is 4.79 Å². The van der Waals surface area contributed by atoms with Crippen molar-refractivity contribution in [1.29, 1.82) is 0 Å². The average molecular weight is 276 g/mol. The van der Waals surface area contributed by atoms with Crippen LogP contribution in [0.4, 0.5) is 10.5 Å². The minimum Gasteiger partial charge on any atom is -0.351 e. The Labute approximate surface area is 118 Å². The average Bonchev–Trinajstić information content (AvgIpc) is 3.23. The van der Waals surface area contributed by atoms with E-state index in [2.05, 4.69) is 21.3 Å². The number of amides is 3. The molecule has 0 radical (unpaired) electrons. The summed E-state index contributed by atoms with van der Waals surface area (Å²) in [6, 6.07) is 6.99. The van der Waals surface area contributed by atoms with Gasteiger partial charge in [0, 0.05) is 30.4 Å². The zero-order valence-electron chi connectivity index (χ0n) is 11.5. The number of hydrogen-bond donors (Lipinski definition) is 4. The van der Waals surface area contributed by atoms with E-state index >= 15 is 0 Å². The lowest BCUT2D eigenvalue weighted by atomic mass is 10.2. The molecule has 0 aromatic heterocycles. The normalized spacial score (nSPS) is 13.7. The molecule has 1 aromatic carbocycles. The van der Waals surface area contributed by atoms with Crippen molar-refractivity contribution in [2.24, 2.45) is 0 Å². The molecule has 3 amide bonds. The molecule has 0 unspecified atom stereocenters. The number of urea groups is 1. The Balaban J connectivity index is 1.89. The highest BCUT2D eigenvalue weighted by molar-refractivity contribution is 5.96. The van der Waals surface area contributed by atoms with E-state index in [1.54, 1.807) is 24.3 Å². The summed E-state index contributed by atoms with van der Waals surface area (Å²) in [5.41, 5.74) is 1.15. The number of likely N-dealkylation sites (N-methyl/N-ethyl adjacent to an activating group) is 1. The number of carbonyl (C=O) groups excluding carboxylic acids is 2. The van der Waals surface area contributed by atoms with Crippen LogP contribution in [0.15, 0.2) is 24.3 Å². The summed E-state index contributed by atoms with van der Waals surface area (Å²) in [6.45, 7) is 1.28. The molecule has 108 valence electrons. The van der Waals surface area contributed by atoms with E-state index in [1.807, 2.05) is 7.05 Å². The van der Waals surface area contributed by atoms with Gasteiger partial charge in [-0.2, -0.15) is 0 Å². The Morgan fingerprint density at radius 1 is 1.25 bits per heavy atom. The van der Waals surface area contributed by atoms with Gasteiger partial charge >= 0.3 is 6.03 Å². The second kappa shape index (κ2) is 6.91. The first-order valence-electron chi connectivity index (χ1n) is 6.79. The van der Waals surface area contributed by atoms with Crippen LogP contribution in [0.3, 0.4) is 0 Å². The van der Waals surface area contributed by atoms with Gasteiger partial charge in [-0.1, -0.05) is 6.07 Å². The van der Waals surface area contributed by atoms with Gasteiger partial charge in [-0.25, -0.2) is 4.79 Å². The van der Waals surface area contributed by atoms with Crippen molar-refractivity contribution in [2.75, 3.05) is 25.5 Å². The molecule has 6 nitrogen and oxygen atoms in total. The molecule has 0 saturated heterocycles. The summed E-state index contributed by atoms with van der Waals surface area (Å²) in [6.07, 6.45) is 2.09. The molecule has 1 aliphatic carbocycles. The molecular formula is C14H20N4O2. The molecule has 6 heteroatoms. The third kappa shape index (κ3) is 4.55. The standard InChI is InChI=1S/C14H20N4O2/c1-15-7-8-16-13(19)10-3-2-4-12(9-10)18-14(20)17-11-5-6-11/h2-4,9,11,15H,5-8H2,1H3,(H,16,19)(H2,17,18,20). The highest BCUT2D eigenvalue weighted by Crippen LogP contribution is 2.19. The third-order valence-electron chi connectivity index (χ3n) is 2.96. The summed E-state index contributed by atoms with van der Waals surface area (Å²) in [7, 11) is 1.83. The maximum Gasteiger partial charge on any atom is 0.319 e. The van der Waals surface area contributed by atoms with E-state index in [4.69, 9.17) is 0 Å². The van der Waals surface area contributed by atoms with Crippen LogP contribution in [0.5, 0.6) is 0 Å². The number of anilines is 1. The molecule has 4 N–H and O–H groups in total. The lowest BCUT2D eigenvalue weighted by Gasteiger charge is -2.09. The SMILES string of the molecule is CNCCNC(=O)c1cccc(NC(=O)NC2CC2)c1. The highest BCUT2D eigenvalue weighted by atomic mass is 16.2. The van der Waals surface area contributed by atoms with Gasteiger partial charge < -0.3 is 21.3 Å². The van der Waals surface area contributed by atoms with Gasteiger partial charge in [0.15, 0.2) is 0 Å². The van der Waals surface area contributed by atoms with Gasteiger partial charge in [0.2, 0.25) is 0 Å². The minimum absolute atomic E-state index is 0.147. The van der Waals surface area contributed by atoms with Crippen LogP contribution in [0, 0.1) is 0 Å². The Bertz CT molecular complexity index is 486. The van der Waals surface area contributed by atoms with E-state index in [9.17, 15) is 9.59 Å². The fourth-order valence-corrected chi connectivity index (χ4v) is 1.72. The summed E-state index contributed by atoms with van der Waals surface area (Å²) >= 11 is 0. The lowest BCUT2D eigenvalue weighted by Crippen LogP contribution is -2.31. The Morgan fingerprint density at radius 3 is 2.75 bits per heavy atom. The van der Waals surface area contributed by atoms with Crippen molar-refractivity contribution in [3.05, 3.63) is 29.8 Å². The summed E-state index contributed by atoms with van der Waals surface area (Å²) < 4.78 is 0. The van der Waals surface area contributed by atoms with Gasteiger partial charge in [-0.05, 0) is 38.1 Å². The van der Waals surface area contributed by atoms with Gasteiger partial charge in [0.25, 0.3) is 5.91 Å². The van der Waals surface area contributed by atoms with E-state index in [-0.39, 0.29) is 11.9 Å². The highest BCUT2D eigenvalue weighted by Gasteiger charge is 2.23. The molecule has 1 aliphatic rings. The van der Waals surface area contributed by atoms with Gasteiger partial charge in [0.05, 0.1) is 0 Å². The number of carbonyl (C=O) groups is 2. The predicted octanol–water partition coefficient (Wildman–Crippen LogP) is 0.920. The summed E-state index contributed by atoms with van der Waals surface area (Å²) in [4.78, 5) is 23.5. The van der Waals surface area contributed by atoms with E-state index in [0.717, 1.165) is 12.8 Å². The van der Waals surface area contributed by atoms with Crippen molar-refractivity contribution in [1.82, 2.24) is 16.0 Å². The van der Waals surface area contributed by atoms with Crippen LogP contribution < -0.4 is 21.3 Å². The first kappa shape index (κ1) is 14.3. The number of rotatable bonds is 6. The first-order valence-corrected chi connectivity index (χ1v) is 6.79. The van der Waals surface area contributed by atoms with Gasteiger partial charge in [0.1, 0.15) is 0 Å². The molecule has 0 aliphatic heterocycles. The van der Waals surface area contributed by atoms with Crippen LogP contribution in [-0.2, 0) is 0 Å². The minimum atomic E-state index is -0.222. The molecule has 0 atom stereocenters. The van der Waals surface area contributed by atoms with Crippen molar-refractivity contribution in [2.45, 2.75) is 18.9 Å². The fraction of sp³-hybridized carbons (Fsp3) is 0.429. The fourth-order valence-electron chi connectivity index (χ4n) is 1.72. The maximum absolute atomic E-state index is 11.9. The Morgan fingerprint density at radius 2 is 2.05 bits per heavy atom. The van der Waals surface area contributed by atoms with Crippen LogP contribution in [0.2, 0.25) is 0 Å². The number of hydrogen-bond acceptors (Lipinski definition) is 3. The Kier molecular flexibility index (Phi) is 4.95. The quantitative estimate of drug-likeness (QED) is 0.583. The monoisotopic (exact) mass is 276 g/mol. The van der Waals surface area contributed by atoms with Crippen molar-refractivity contribution in [3.8, 4) is 0 Å². The van der Waals surface area contributed by atoms with E-state index in [0.29, 0.717) is 30.4 Å². The maximum atomic E-state index is 11.9. The third-order valence-corrected chi connectivity index (χ3v) is 2.96. The van der Waals surface area contributed by atoms with Gasteiger partial charge in [-0.15, -0.1) is 0 Å². The topological polar surface area (TPSA) is 82.3 Å². The Hall–Kier alpha value is -2.08. The van der Waals surface area contributed by atoms with Crippen LogP contribution in [0.1, 0.15) is 23.2 Å². The van der Waals surface area contributed by atoms with Crippen molar-refractivity contribution >= 4 is 17.6 Å². The van der Waals surface area contributed by atoms with E-state index in [1.165, 1.54) is 0 Å². The van der Waals surface area contributed by atoms with E-state index < -0.39 is 0 Å². The van der Waals surface area contributed by atoms with Crippen LogP contribution in [-0.4, -0.2) is 38.1 Å². The predicted molar refractivity (Wildman–Crippen MR) is 77.9 cm³/mol. The van der Waals surface area contributed by atoms with Crippen LogP contribution >= 0.6 is 0 Å².